The van der Waals surface area contributed by atoms with E-state index in [-0.39, 0.29) is 30.4 Å². The fourth-order valence-corrected chi connectivity index (χ4v) is 2.58. The van der Waals surface area contributed by atoms with Gasteiger partial charge in [-0.25, -0.2) is 0 Å². The van der Waals surface area contributed by atoms with Gasteiger partial charge in [-0.05, 0) is 37.1 Å². The van der Waals surface area contributed by atoms with Gasteiger partial charge in [0.2, 0.25) is 11.8 Å². The highest BCUT2D eigenvalue weighted by Gasteiger charge is 2.17. The number of carbonyl (C=O) groups excluding carboxylic acids is 2. The molecule has 138 valence electrons. The molecule has 5 nitrogen and oxygen atoms in total. The third-order valence-corrected chi connectivity index (χ3v) is 3.76. The quantitative estimate of drug-likeness (QED) is 0.757. The van der Waals surface area contributed by atoms with Gasteiger partial charge in [0.05, 0.1) is 25.2 Å². The van der Waals surface area contributed by atoms with Crippen molar-refractivity contribution in [2.75, 3.05) is 5.32 Å². The summed E-state index contributed by atoms with van der Waals surface area (Å²) in [5.74, 6) is -0.325. The van der Waals surface area contributed by atoms with Crippen LogP contribution in [0.15, 0.2) is 54.6 Å². The molecule has 0 aromatic heterocycles. The molecule has 1 atom stereocenters. The Bertz CT molecular complexity index is 729. The Labute approximate surface area is 154 Å². The largest absolute Gasteiger partial charge is 0.374 e. The van der Waals surface area contributed by atoms with Crippen LogP contribution in [-0.4, -0.2) is 17.9 Å². The average molecular weight is 354 g/mol. The molecular weight excluding hydrogens is 328 g/mol. The number of hydrogen-bond acceptors (Lipinski definition) is 3. The van der Waals surface area contributed by atoms with Crippen molar-refractivity contribution in [3.05, 3.63) is 65.7 Å². The van der Waals surface area contributed by atoms with Gasteiger partial charge in [0, 0.05) is 12.6 Å². The van der Waals surface area contributed by atoms with Gasteiger partial charge in [-0.1, -0.05) is 42.5 Å². The molecule has 5 heteroatoms. The number of ether oxygens (including phenoxy) is 1. The van der Waals surface area contributed by atoms with E-state index in [0.717, 1.165) is 16.8 Å². The Morgan fingerprint density at radius 2 is 1.77 bits per heavy atom. The van der Waals surface area contributed by atoms with Crippen LogP contribution in [0.25, 0.3) is 0 Å². The molecule has 0 saturated heterocycles. The van der Waals surface area contributed by atoms with Crippen LogP contribution in [0.3, 0.4) is 0 Å². The Balaban J connectivity index is 2.01. The summed E-state index contributed by atoms with van der Waals surface area (Å²) in [6.45, 7) is 5.92. The molecule has 2 aromatic rings. The number of benzene rings is 2. The maximum absolute atomic E-state index is 12.5. The minimum Gasteiger partial charge on any atom is -0.374 e. The number of carbonyl (C=O) groups is 2. The lowest BCUT2D eigenvalue weighted by Crippen LogP contribution is -2.29. The van der Waals surface area contributed by atoms with Crippen molar-refractivity contribution < 1.29 is 14.3 Å². The SMILES string of the molecule is CC(=O)NC(CC(=O)Nc1cccc(COC(C)C)c1)c1ccccc1. The highest BCUT2D eigenvalue weighted by Crippen LogP contribution is 2.18. The Morgan fingerprint density at radius 1 is 1.04 bits per heavy atom. The standard InChI is InChI=1S/C21H26N2O3/c1-15(2)26-14-17-8-7-11-19(12-17)23-21(25)13-20(22-16(3)24)18-9-5-4-6-10-18/h4-12,15,20H,13-14H2,1-3H3,(H,22,24)(H,23,25). The predicted molar refractivity (Wildman–Crippen MR) is 103 cm³/mol. The maximum Gasteiger partial charge on any atom is 0.226 e. The summed E-state index contributed by atoms with van der Waals surface area (Å²) in [6.07, 6.45) is 0.314. The highest BCUT2D eigenvalue weighted by atomic mass is 16.5. The van der Waals surface area contributed by atoms with Crippen LogP contribution in [0.5, 0.6) is 0 Å². The first kappa shape index (κ1) is 19.7. The second-order valence-electron chi connectivity index (χ2n) is 6.48. The summed E-state index contributed by atoms with van der Waals surface area (Å²) in [7, 11) is 0. The van der Waals surface area contributed by atoms with Crippen molar-refractivity contribution >= 4 is 17.5 Å². The molecule has 0 spiro atoms. The van der Waals surface area contributed by atoms with Crippen LogP contribution in [-0.2, 0) is 20.9 Å². The van der Waals surface area contributed by atoms with Crippen molar-refractivity contribution in [2.45, 2.75) is 45.9 Å². The van der Waals surface area contributed by atoms with Crippen molar-refractivity contribution in [1.82, 2.24) is 5.32 Å². The lowest BCUT2D eigenvalue weighted by Gasteiger charge is -2.18. The summed E-state index contributed by atoms with van der Waals surface area (Å²) < 4.78 is 5.59. The van der Waals surface area contributed by atoms with Gasteiger partial charge in [0.1, 0.15) is 0 Å². The van der Waals surface area contributed by atoms with Gasteiger partial charge >= 0.3 is 0 Å². The zero-order valence-corrected chi connectivity index (χ0v) is 15.5. The Morgan fingerprint density at radius 3 is 2.42 bits per heavy atom. The first-order chi connectivity index (χ1) is 12.4. The Hall–Kier alpha value is -2.66. The van der Waals surface area contributed by atoms with E-state index < -0.39 is 0 Å². The minimum atomic E-state index is -0.360. The average Bonchev–Trinajstić information content (AvgIpc) is 2.60. The van der Waals surface area contributed by atoms with Crippen LogP contribution >= 0.6 is 0 Å². The zero-order valence-electron chi connectivity index (χ0n) is 15.5. The molecule has 0 saturated carbocycles. The van der Waals surface area contributed by atoms with E-state index in [4.69, 9.17) is 4.74 Å². The lowest BCUT2D eigenvalue weighted by molar-refractivity contribution is -0.120. The molecule has 0 aliphatic rings. The molecule has 2 rings (SSSR count). The molecule has 0 heterocycles. The predicted octanol–water partition coefficient (Wildman–Crippen LogP) is 3.82. The van der Waals surface area contributed by atoms with E-state index in [1.165, 1.54) is 6.92 Å². The molecule has 26 heavy (non-hydrogen) atoms. The summed E-state index contributed by atoms with van der Waals surface area (Å²) in [5.41, 5.74) is 2.62. The first-order valence-corrected chi connectivity index (χ1v) is 8.76. The van der Waals surface area contributed by atoms with Crippen molar-refractivity contribution in [3.63, 3.8) is 0 Å². The van der Waals surface area contributed by atoms with Crippen LogP contribution in [0, 0.1) is 0 Å². The second kappa shape index (κ2) is 9.73. The number of anilines is 1. The number of amides is 2. The summed E-state index contributed by atoms with van der Waals surface area (Å²) in [5, 5.41) is 5.73. The van der Waals surface area contributed by atoms with E-state index in [2.05, 4.69) is 10.6 Å². The van der Waals surface area contributed by atoms with Gasteiger partial charge in [0.25, 0.3) is 0 Å². The summed E-state index contributed by atoms with van der Waals surface area (Å²) in [6, 6.07) is 16.7. The summed E-state index contributed by atoms with van der Waals surface area (Å²) in [4.78, 5) is 23.9. The van der Waals surface area contributed by atoms with Gasteiger partial charge in [-0.15, -0.1) is 0 Å². The second-order valence-corrected chi connectivity index (χ2v) is 6.48. The summed E-state index contributed by atoms with van der Waals surface area (Å²) >= 11 is 0. The topological polar surface area (TPSA) is 67.4 Å². The smallest absolute Gasteiger partial charge is 0.226 e. The van der Waals surface area contributed by atoms with E-state index in [1.54, 1.807) is 0 Å². The maximum atomic E-state index is 12.5. The first-order valence-electron chi connectivity index (χ1n) is 8.76. The number of hydrogen-bond donors (Lipinski definition) is 2. The van der Waals surface area contributed by atoms with Crippen molar-refractivity contribution in [1.29, 1.82) is 0 Å². The molecule has 0 aliphatic heterocycles. The normalized spacial score (nSPS) is 11.8. The molecule has 1 unspecified atom stereocenters. The van der Waals surface area contributed by atoms with E-state index in [1.807, 2.05) is 68.4 Å². The van der Waals surface area contributed by atoms with Gasteiger partial charge in [-0.2, -0.15) is 0 Å². The van der Waals surface area contributed by atoms with Crippen molar-refractivity contribution in [3.8, 4) is 0 Å². The van der Waals surface area contributed by atoms with E-state index in [9.17, 15) is 9.59 Å². The van der Waals surface area contributed by atoms with Gasteiger partial charge < -0.3 is 15.4 Å². The van der Waals surface area contributed by atoms with E-state index in [0.29, 0.717) is 6.61 Å². The lowest BCUT2D eigenvalue weighted by atomic mass is 10.0. The van der Waals surface area contributed by atoms with Gasteiger partial charge in [-0.3, -0.25) is 9.59 Å². The fourth-order valence-electron chi connectivity index (χ4n) is 2.58. The molecule has 0 radical (unpaired) electrons. The van der Waals surface area contributed by atoms with Crippen LogP contribution in [0.2, 0.25) is 0 Å². The highest BCUT2D eigenvalue weighted by molar-refractivity contribution is 5.91. The zero-order chi connectivity index (χ0) is 18.9. The molecular formula is C21H26N2O3. The monoisotopic (exact) mass is 354 g/mol. The fraction of sp³-hybridized carbons (Fsp3) is 0.333. The number of rotatable bonds is 8. The molecule has 2 N–H and O–H groups in total. The minimum absolute atomic E-state index is 0.150. The molecule has 2 amide bonds. The molecule has 2 aromatic carbocycles. The van der Waals surface area contributed by atoms with Crippen molar-refractivity contribution in [2.24, 2.45) is 0 Å². The number of nitrogens with one attached hydrogen (secondary N) is 2. The van der Waals surface area contributed by atoms with Crippen LogP contribution in [0.4, 0.5) is 5.69 Å². The Kier molecular flexibility index (Phi) is 7.36. The van der Waals surface area contributed by atoms with Gasteiger partial charge in [0.15, 0.2) is 0 Å². The third kappa shape index (κ3) is 6.69. The van der Waals surface area contributed by atoms with Crippen LogP contribution in [0.1, 0.15) is 44.4 Å². The van der Waals surface area contributed by atoms with E-state index >= 15 is 0 Å². The van der Waals surface area contributed by atoms with Crippen LogP contribution < -0.4 is 10.6 Å². The molecule has 0 aliphatic carbocycles. The third-order valence-electron chi connectivity index (χ3n) is 3.76. The molecule has 0 fully saturated rings. The molecule has 0 bridgehead atoms.